The molecule has 106 valence electrons. The highest BCUT2D eigenvalue weighted by Gasteiger charge is 2.11. The lowest BCUT2D eigenvalue weighted by Crippen LogP contribution is -2.03. The molecule has 0 radical (unpaired) electrons. The second-order valence-electron chi connectivity index (χ2n) is 4.05. The highest BCUT2D eigenvalue weighted by Crippen LogP contribution is 2.29. The van der Waals surface area contributed by atoms with Crippen LogP contribution in [0.15, 0.2) is 34.9 Å². The maximum atomic E-state index is 13.6. The third-order valence-electron chi connectivity index (χ3n) is 2.52. The summed E-state index contributed by atoms with van der Waals surface area (Å²) in [6.07, 6.45) is 1.65. The van der Waals surface area contributed by atoms with Gasteiger partial charge in [0.2, 0.25) is 0 Å². The topological polar surface area (TPSA) is 34.2 Å². The third kappa shape index (κ3) is 3.66. The van der Waals surface area contributed by atoms with Crippen molar-refractivity contribution in [2.75, 3.05) is 11.9 Å². The first kappa shape index (κ1) is 14.7. The molecule has 1 aromatic heterocycles. The summed E-state index contributed by atoms with van der Waals surface area (Å²) in [4.78, 5) is 4.14. The molecule has 6 heteroatoms. The minimum atomic E-state index is -0.750. The Bertz CT molecular complexity index is 584. The van der Waals surface area contributed by atoms with Gasteiger partial charge in [-0.3, -0.25) is 4.98 Å². The average Bonchev–Trinajstić information content (AvgIpc) is 2.38. The standard InChI is InChI=1S/C14H13BrF2N2O/c1-2-18-10-3-4-19-11(7-10)8-20-14-12(15)5-9(16)6-13(14)17/h3-7H,2,8H2,1H3,(H,18,19). The van der Waals surface area contributed by atoms with Crippen molar-refractivity contribution in [3.63, 3.8) is 0 Å². The van der Waals surface area contributed by atoms with Gasteiger partial charge in [0.25, 0.3) is 0 Å². The van der Waals surface area contributed by atoms with Crippen molar-refractivity contribution < 1.29 is 13.5 Å². The quantitative estimate of drug-likeness (QED) is 0.886. The van der Waals surface area contributed by atoms with Gasteiger partial charge in [0, 0.05) is 24.5 Å². The lowest BCUT2D eigenvalue weighted by molar-refractivity contribution is 0.283. The Balaban J connectivity index is 2.11. The fourth-order valence-electron chi connectivity index (χ4n) is 1.68. The minimum absolute atomic E-state index is 0.0259. The zero-order chi connectivity index (χ0) is 14.5. The molecular weight excluding hydrogens is 330 g/mol. The van der Waals surface area contributed by atoms with Crippen LogP contribution in [0, 0.1) is 11.6 Å². The first-order valence-electron chi connectivity index (χ1n) is 6.06. The van der Waals surface area contributed by atoms with Gasteiger partial charge in [0.1, 0.15) is 12.4 Å². The van der Waals surface area contributed by atoms with E-state index < -0.39 is 11.6 Å². The van der Waals surface area contributed by atoms with E-state index in [4.69, 9.17) is 4.74 Å². The minimum Gasteiger partial charge on any atom is -0.483 e. The molecule has 0 fully saturated rings. The van der Waals surface area contributed by atoms with Crippen LogP contribution in [0.4, 0.5) is 14.5 Å². The molecule has 2 aromatic rings. The number of hydrogen-bond donors (Lipinski definition) is 1. The Morgan fingerprint density at radius 2 is 2.10 bits per heavy atom. The highest BCUT2D eigenvalue weighted by molar-refractivity contribution is 9.10. The number of aromatic nitrogens is 1. The molecule has 0 atom stereocenters. The van der Waals surface area contributed by atoms with E-state index in [0.29, 0.717) is 5.69 Å². The maximum Gasteiger partial charge on any atom is 0.169 e. The summed E-state index contributed by atoms with van der Waals surface area (Å²) in [5, 5.41) is 3.15. The average molecular weight is 343 g/mol. The molecule has 0 aliphatic carbocycles. The van der Waals surface area contributed by atoms with Crippen LogP contribution in [-0.2, 0) is 6.61 Å². The zero-order valence-corrected chi connectivity index (χ0v) is 12.4. The predicted molar refractivity (Wildman–Crippen MR) is 76.8 cm³/mol. The van der Waals surface area contributed by atoms with Crippen molar-refractivity contribution >= 4 is 21.6 Å². The number of halogens is 3. The van der Waals surface area contributed by atoms with Gasteiger partial charge in [-0.15, -0.1) is 0 Å². The first-order valence-corrected chi connectivity index (χ1v) is 6.85. The second-order valence-corrected chi connectivity index (χ2v) is 4.91. The molecule has 0 saturated heterocycles. The van der Waals surface area contributed by atoms with Gasteiger partial charge in [-0.05, 0) is 41.1 Å². The molecule has 0 aliphatic rings. The second kappa shape index (κ2) is 6.65. The number of anilines is 1. The van der Waals surface area contributed by atoms with Crippen molar-refractivity contribution in [2.45, 2.75) is 13.5 Å². The fourth-order valence-corrected chi connectivity index (χ4v) is 2.21. The van der Waals surface area contributed by atoms with E-state index in [1.165, 1.54) is 0 Å². The van der Waals surface area contributed by atoms with Crippen molar-refractivity contribution in [1.29, 1.82) is 0 Å². The van der Waals surface area contributed by atoms with Crippen molar-refractivity contribution in [2.24, 2.45) is 0 Å². The molecule has 20 heavy (non-hydrogen) atoms. The molecule has 1 N–H and O–H groups in total. The van der Waals surface area contributed by atoms with Gasteiger partial charge < -0.3 is 10.1 Å². The van der Waals surface area contributed by atoms with Gasteiger partial charge in [-0.1, -0.05) is 0 Å². The Morgan fingerprint density at radius 3 is 2.80 bits per heavy atom. The lowest BCUT2D eigenvalue weighted by Gasteiger charge is -2.10. The summed E-state index contributed by atoms with van der Waals surface area (Å²) in [7, 11) is 0. The molecule has 3 nitrogen and oxygen atoms in total. The first-order chi connectivity index (χ1) is 9.60. The lowest BCUT2D eigenvalue weighted by atomic mass is 10.3. The Morgan fingerprint density at radius 1 is 1.30 bits per heavy atom. The third-order valence-corrected chi connectivity index (χ3v) is 3.11. The van der Waals surface area contributed by atoms with E-state index in [0.717, 1.165) is 24.4 Å². The van der Waals surface area contributed by atoms with Gasteiger partial charge in [-0.2, -0.15) is 0 Å². The Labute approximate surface area is 124 Å². The van der Waals surface area contributed by atoms with Gasteiger partial charge in [0.05, 0.1) is 10.2 Å². The van der Waals surface area contributed by atoms with Crippen molar-refractivity contribution in [1.82, 2.24) is 4.98 Å². The number of benzene rings is 1. The molecule has 0 aliphatic heterocycles. The summed E-state index contributed by atoms with van der Waals surface area (Å²) in [6, 6.07) is 5.59. The molecular formula is C14H13BrF2N2O. The van der Waals surface area contributed by atoms with E-state index in [9.17, 15) is 8.78 Å². The van der Waals surface area contributed by atoms with Crippen LogP contribution in [0.5, 0.6) is 5.75 Å². The van der Waals surface area contributed by atoms with E-state index in [1.54, 1.807) is 6.20 Å². The summed E-state index contributed by atoms with van der Waals surface area (Å²) >= 11 is 3.07. The SMILES string of the molecule is CCNc1ccnc(COc2c(F)cc(F)cc2Br)c1. The van der Waals surface area contributed by atoms with Gasteiger partial charge in [0.15, 0.2) is 11.6 Å². The zero-order valence-electron chi connectivity index (χ0n) is 10.8. The van der Waals surface area contributed by atoms with E-state index in [1.807, 2.05) is 19.1 Å². The van der Waals surface area contributed by atoms with Crippen LogP contribution in [0.1, 0.15) is 12.6 Å². The Kier molecular flexibility index (Phi) is 4.89. The van der Waals surface area contributed by atoms with Crippen LogP contribution in [0.25, 0.3) is 0 Å². The molecule has 0 unspecified atom stereocenters. The van der Waals surface area contributed by atoms with Gasteiger partial charge >= 0.3 is 0 Å². The number of pyridine rings is 1. The van der Waals surface area contributed by atoms with E-state index in [-0.39, 0.29) is 16.8 Å². The smallest absolute Gasteiger partial charge is 0.169 e. The molecule has 0 saturated carbocycles. The van der Waals surface area contributed by atoms with Gasteiger partial charge in [-0.25, -0.2) is 8.78 Å². The number of ether oxygens (including phenoxy) is 1. The molecule has 2 rings (SSSR count). The maximum absolute atomic E-state index is 13.6. The summed E-state index contributed by atoms with van der Waals surface area (Å²) < 4.78 is 32.1. The van der Waals surface area contributed by atoms with E-state index in [2.05, 4.69) is 26.2 Å². The number of nitrogens with zero attached hydrogens (tertiary/aromatic N) is 1. The monoisotopic (exact) mass is 342 g/mol. The fraction of sp³-hybridized carbons (Fsp3) is 0.214. The Hall–Kier alpha value is -1.69. The molecule has 1 heterocycles. The van der Waals surface area contributed by atoms with Crippen LogP contribution in [-0.4, -0.2) is 11.5 Å². The number of nitrogens with one attached hydrogen (secondary N) is 1. The van der Waals surface area contributed by atoms with Crippen LogP contribution >= 0.6 is 15.9 Å². The predicted octanol–water partition coefficient (Wildman–Crippen LogP) is 4.13. The largest absolute Gasteiger partial charge is 0.483 e. The molecule has 0 amide bonds. The summed E-state index contributed by atoms with van der Waals surface area (Å²) in [6.45, 7) is 2.88. The normalized spacial score (nSPS) is 10.4. The number of hydrogen-bond acceptors (Lipinski definition) is 3. The summed E-state index contributed by atoms with van der Waals surface area (Å²) in [5.41, 5.74) is 1.57. The number of rotatable bonds is 5. The van der Waals surface area contributed by atoms with Crippen molar-refractivity contribution in [3.05, 3.63) is 52.3 Å². The summed E-state index contributed by atoms with van der Waals surface area (Å²) in [5.74, 6) is -1.43. The van der Waals surface area contributed by atoms with Crippen LogP contribution in [0.2, 0.25) is 0 Å². The van der Waals surface area contributed by atoms with Crippen LogP contribution in [0.3, 0.4) is 0 Å². The molecule has 1 aromatic carbocycles. The van der Waals surface area contributed by atoms with Crippen molar-refractivity contribution in [3.8, 4) is 5.75 Å². The highest BCUT2D eigenvalue weighted by atomic mass is 79.9. The molecule has 0 spiro atoms. The molecule has 0 bridgehead atoms. The van der Waals surface area contributed by atoms with Crippen LogP contribution < -0.4 is 10.1 Å². The van der Waals surface area contributed by atoms with E-state index >= 15 is 0 Å².